The van der Waals surface area contributed by atoms with Gasteiger partial charge in [0.15, 0.2) is 5.78 Å². The van der Waals surface area contributed by atoms with Crippen molar-refractivity contribution in [2.45, 2.75) is 33.1 Å². The second-order valence-corrected chi connectivity index (χ2v) is 5.90. The van der Waals surface area contributed by atoms with Gasteiger partial charge in [-0.15, -0.1) is 0 Å². The van der Waals surface area contributed by atoms with E-state index in [1.54, 1.807) is 13.0 Å². The van der Waals surface area contributed by atoms with Gasteiger partial charge in [0.1, 0.15) is 11.5 Å². The molecule has 0 atom stereocenters. The quantitative estimate of drug-likeness (QED) is 0.785. The van der Waals surface area contributed by atoms with Gasteiger partial charge in [-0.2, -0.15) is 0 Å². The van der Waals surface area contributed by atoms with Gasteiger partial charge in [0, 0.05) is 24.4 Å². The SMILES string of the molecule is CC(=O)c1cc(CCC(=O)NCCc2ccc(Cl)cc2)oc1C. The van der Waals surface area contributed by atoms with Crippen molar-refractivity contribution in [1.29, 1.82) is 0 Å². The number of ketones is 1. The number of benzene rings is 1. The standard InChI is InChI=1S/C18H20ClNO3/c1-12(21)17-11-16(23-13(17)2)7-8-18(22)20-10-9-14-3-5-15(19)6-4-14/h3-6,11H,7-10H2,1-2H3,(H,20,22). The topological polar surface area (TPSA) is 59.3 Å². The van der Waals surface area contributed by atoms with E-state index in [0.29, 0.717) is 41.5 Å². The fourth-order valence-corrected chi connectivity index (χ4v) is 2.46. The van der Waals surface area contributed by atoms with Crippen LogP contribution in [-0.2, 0) is 17.6 Å². The zero-order valence-corrected chi connectivity index (χ0v) is 14.1. The van der Waals surface area contributed by atoms with Crippen LogP contribution in [0.5, 0.6) is 0 Å². The molecule has 2 aromatic rings. The third kappa shape index (κ3) is 5.25. The van der Waals surface area contributed by atoms with Crippen LogP contribution in [0.15, 0.2) is 34.7 Å². The van der Waals surface area contributed by atoms with Gasteiger partial charge < -0.3 is 9.73 Å². The normalized spacial score (nSPS) is 10.6. The number of carbonyl (C=O) groups is 2. The minimum Gasteiger partial charge on any atom is -0.466 e. The molecule has 0 aliphatic carbocycles. The van der Waals surface area contributed by atoms with Crippen LogP contribution in [0.2, 0.25) is 5.02 Å². The van der Waals surface area contributed by atoms with Crippen molar-refractivity contribution in [3.63, 3.8) is 0 Å². The van der Waals surface area contributed by atoms with Gasteiger partial charge in [-0.1, -0.05) is 23.7 Å². The summed E-state index contributed by atoms with van der Waals surface area (Å²) in [5, 5.41) is 3.58. The lowest BCUT2D eigenvalue weighted by molar-refractivity contribution is -0.121. The smallest absolute Gasteiger partial charge is 0.220 e. The third-order valence-corrected chi connectivity index (χ3v) is 3.85. The van der Waals surface area contributed by atoms with Crippen molar-refractivity contribution >= 4 is 23.3 Å². The van der Waals surface area contributed by atoms with Gasteiger partial charge in [0.05, 0.1) is 5.56 Å². The van der Waals surface area contributed by atoms with Crippen LogP contribution in [0.25, 0.3) is 0 Å². The number of rotatable bonds is 7. The monoisotopic (exact) mass is 333 g/mol. The lowest BCUT2D eigenvalue weighted by Gasteiger charge is -2.05. The van der Waals surface area contributed by atoms with Gasteiger partial charge in [-0.3, -0.25) is 9.59 Å². The average molecular weight is 334 g/mol. The Morgan fingerprint density at radius 2 is 1.87 bits per heavy atom. The van der Waals surface area contributed by atoms with Crippen molar-refractivity contribution < 1.29 is 14.0 Å². The van der Waals surface area contributed by atoms with E-state index in [-0.39, 0.29) is 11.7 Å². The largest absolute Gasteiger partial charge is 0.466 e. The highest BCUT2D eigenvalue weighted by Gasteiger charge is 2.12. The molecule has 122 valence electrons. The zero-order chi connectivity index (χ0) is 16.8. The molecule has 0 aliphatic rings. The van der Waals surface area contributed by atoms with Crippen molar-refractivity contribution in [3.8, 4) is 0 Å². The van der Waals surface area contributed by atoms with E-state index in [1.807, 2.05) is 24.3 Å². The van der Waals surface area contributed by atoms with Gasteiger partial charge in [-0.05, 0) is 44.0 Å². The van der Waals surface area contributed by atoms with Gasteiger partial charge in [-0.25, -0.2) is 0 Å². The third-order valence-electron chi connectivity index (χ3n) is 3.60. The van der Waals surface area contributed by atoms with Crippen LogP contribution >= 0.6 is 11.6 Å². The zero-order valence-electron chi connectivity index (χ0n) is 13.3. The molecule has 1 amide bonds. The fourth-order valence-electron chi connectivity index (χ4n) is 2.34. The van der Waals surface area contributed by atoms with Crippen molar-refractivity contribution in [1.82, 2.24) is 5.32 Å². The Kier molecular flexibility index (Phi) is 5.99. The molecule has 4 nitrogen and oxygen atoms in total. The van der Waals surface area contributed by atoms with E-state index in [2.05, 4.69) is 5.32 Å². The van der Waals surface area contributed by atoms with E-state index in [4.69, 9.17) is 16.0 Å². The summed E-state index contributed by atoms with van der Waals surface area (Å²) in [4.78, 5) is 23.2. The number of halogens is 1. The molecule has 0 saturated carbocycles. The maximum atomic E-state index is 11.8. The Balaban J connectivity index is 1.73. The molecule has 0 unspecified atom stereocenters. The molecule has 1 N–H and O–H groups in total. The van der Waals surface area contributed by atoms with Crippen LogP contribution in [0.1, 0.15) is 40.8 Å². The first-order valence-corrected chi connectivity index (χ1v) is 7.95. The molecule has 0 saturated heterocycles. The van der Waals surface area contributed by atoms with Crippen LogP contribution in [0.4, 0.5) is 0 Å². The van der Waals surface area contributed by atoms with Crippen molar-refractivity contribution in [2.24, 2.45) is 0 Å². The minimum atomic E-state index is -0.0302. The molecule has 0 aliphatic heterocycles. The highest BCUT2D eigenvalue weighted by Crippen LogP contribution is 2.16. The summed E-state index contributed by atoms with van der Waals surface area (Å²) >= 11 is 5.83. The number of carbonyl (C=O) groups excluding carboxylic acids is 2. The van der Waals surface area contributed by atoms with Gasteiger partial charge in [0.2, 0.25) is 5.91 Å². The molecule has 0 bridgehead atoms. The summed E-state index contributed by atoms with van der Waals surface area (Å²) < 4.78 is 5.50. The second-order valence-electron chi connectivity index (χ2n) is 5.47. The second kappa shape index (κ2) is 7.97. The molecular formula is C18H20ClNO3. The first-order valence-electron chi connectivity index (χ1n) is 7.57. The number of aryl methyl sites for hydroxylation is 2. The van der Waals surface area contributed by atoms with Crippen LogP contribution in [0.3, 0.4) is 0 Å². The number of amides is 1. The lowest BCUT2D eigenvalue weighted by atomic mass is 10.1. The maximum Gasteiger partial charge on any atom is 0.220 e. The first-order chi connectivity index (χ1) is 11.0. The highest BCUT2D eigenvalue weighted by molar-refractivity contribution is 6.30. The Bertz CT molecular complexity index is 689. The number of Topliss-reactive ketones (excluding diaryl/α,β-unsaturated/α-hetero) is 1. The summed E-state index contributed by atoms with van der Waals surface area (Å²) in [6, 6.07) is 9.29. The summed E-state index contributed by atoms with van der Waals surface area (Å²) in [6.45, 7) is 3.84. The molecule has 1 aromatic heterocycles. The Hall–Kier alpha value is -2.07. The number of hydrogen-bond donors (Lipinski definition) is 1. The Labute approximate surface area is 140 Å². The van der Waals surface area contributed by atoms with E-state index >= 15 is 0 Å². The van der Waals surface area contributed by atoms with Crippen molar-refractivity contribution in [2.75, 3.05) is 6.54 Å². The molecule has 1 heterocycles. The molecule has 1 aromatic carbocycles. The van der Waals surface area contributed by atoms with E-state index in [9.17, 15) is 9.59 Å². The van der Waals surface area contributed by atoms with E-state index in [1.165, 1.54) is 6.92 Å². The summed E-state index contributed by atoms with van der Waals surface area (Å²) in [6.07, 6.45) is 1.59. The van der Waals surface area contributed by atoms with Crippen LogP contribution < -0.4 is 5.32 Å². The molecule has 0 spiro atoms. The summed E-state index contributed by atoms with van der Waals surface area (Å²) in [7, 11) is 0. The number of nitrogens with one attached hydrogen (secondary N) is 1. The fraction of sp³-hybridized carbons (Fsp3) is 0.333. The minimum absolute atomic E-state index is 0.0232. The number of furan rings is 1. The highest BCUT2D eigenvalue weighted by atomic mass is 35.5. The van der Waals surface area contributed by atoms with Crippen molar-refractivity contribution in [3.05, 3.63) is 58.0 Å². The summed E-state index contributed by atoms with van der Waals surface area (Å²) in [5.74, 6) is 1.22. The van der Waals surface area contributed by atoms with Gasteiger partial charge >= 0.3 is 0 Å². The Morgan fingerprint density at radius 1 is 1.17 bits per heavy atom. The van der Waals surface area contributed by atoms with E-state index < -0.39 is 0 Å². The predicted molar refractivity (Wildman–Crippen MR) is 89.9 cm³/mol. The molecule has 0 fully saturated rings. The van der Waals surface area contributed by atoms with Gasteiger partial charge in [0.25, 0.3) is 0 Å². The maximum absolute atomic E-state index is 11.8. The first kappa shape index (κ1) is 17.3. The average Bonchev–Trinajstić information content (AvgIpc) is 2.88. The molecular weight excluding hydrogens is 314 g/mol. The Morgan fingerprint density at radius 3 is 2.48 bits per heavy atom. The summed E-state index contributed by atoms with van der Waals surface area (Å²) in [5.41, 5.74) is 1.71. The van der Waals surface area contributed by atoms with E-state index in [0.717, 1.165) is 12.0 Å². The molecule has 5 heteroatoms. The molecule has 2 rings (SSSR count). The molecule has 23 heavy (non-hydrogen) atoms. The predicted octanol–water partition coefficient (Wildman–Crippen LogP) is 3.74. The molecule has 0 radical (unpaired) electrons. The van der Waals surface area contributed by atoms with Crippen LogP contribution in [-0.4, -0.2) is 18.2 Å². The van der Waals surface area contributed by atoms with Crippen LogP contribution in [0, 0.1) is 6.92 Å². The lowest BCUT2D eigenvalue weighted by Crippen LogP contribution is -2.25. The number of hydrogen-bond acceptors (Lipinski definition) is 3.